The first-order chi connectivity index (χ1) is 9.74. The molecule has 0 radical (unpaired) electrons. The molecule has 1 heterocycles. The van der Waals surface area contributed by atoms with E-state index in [1.807, 2.05) is 0 Å². The topological polar surface area (TPSA) is 21.3 Å². The van der Waals surface area contributed by atoms with E-state index < -0.39 is 0 Å². The lowest BCUT2D eigenvalue weighted by Gasteiger charge is -2.25. The molecule has 3 heteroatoms. The van der Waals surface area contributed by atoms with Crippen LogP contribution in [0.3, 0.4) is 0 Å². The summed E-state index contributed by atoms with van der Waals surface area (Å²) < 4.78 is 5.53. The predicted molar refractivity (Wildman–Crippen MR) is 89.0 cm³/mol. The molecule has 2 atom stereocenters. The molecule has 1 aliphatic rings. The van der Waals surface area contributed by atoms with Gasteiger partial charge in [0.15, 0.2) is 0 Å². The summed E-state index contributed by atoms with van der Waals surface area (Å²) in [6, 6.07) is 7.07. The number of nitrogens with one attached hydrogen (secondary N) is 1. The first-order valence-corrected chi connectivity index (χ1v) is 8.78. The second-order valence-corrected chi connectivity index (χ2v) is 6.98. The van der Waals surface area contributed by atoms with Crippen molar-refractivity contribution in [1.29, 1.82) is 0 Å². The minimum atomic E-state index is 0.568. The van der Waals surface area contributed by atoms with Crippen molar-refractivity contribution in [2.45, 2.75) is 50.8 Å². The van der Waals surface area contributed by atoms with Gasteiger partial charge >= 0.3 is 0 Å². The second-order valence-electron chi connectivity index (χ2n) is 5.63. The molecule has 20 heavy (non-hydrogen) atoms. The second kappa shape index (κ2) is 7.94. The Morgan fingerprint density at radius 1 is 1.45 bits per heavy atom. The van der Waals surface area contributed by atoms with Crippen molar-refractivity contribution in [3.8, 4) is 5.75 Å². The van der Waals surface area contributed by atoms with Gasteiger partial charge in [-0.25, -0.2) is 0 Å². The Labute approximate surface area is 127 Å². The number of thioether (sulfide) groups is 1. The Kier molecular flexibility index (Phi) is 6.24. The molecule has 0 amide bonds. The summed E-state index contributed by atoms with van der Waals surface area (Å²) in [5, 5.41) is 4.51. The Bertz CT molecular complexity index is 415. The number of benzene rings is 1. The molecule has 1 aliphatic heterocycles. The molecule has 112 valence electrons. The van der Waals surface area contributed by atoms with Crippen LogP contribution in [0.15, 0.2) is 18.2 Å². The largest absolute Gasteiger partial charge is 0.496 e. The van der Waals surface area contributed by atoms with Gasteiger partial charge in [0, 0.05) is 11.3 Å². The van der Waals surface area contributed by atoms with Gasteiger partial charge in [0.25, 0.3) is 0 Å². The summed E-state index contributed by atoms with van der Waals surface area (Å²) >= 11 is 2.13. The molecule has 1 N–H and O–H groups in total. The van der Waals surface area contributed by atoms with E-state index in [1.165, 1.54) is 36.1 Å². The third-order valence-corrected chi connectivity index (χ3v) is 5.46. The molecule has 2 nitrogen and oxygen atoms in total. The van der Waals surface area contributed by atoms with Gasteiger partial charge in [0.05, 0.1) is 7.11 Å². The first kappa shape index (κ1) is 15.7. The van der Waals surface area contributed by atoms with Crippen LogP contribution < -0.4 is 10.1 Å². The SMILES string of the molecule is CCCNC(Cc1cc(C)ccc1OC)C1CCCS1. The molecule has 1 aromatic carbocycles. The van der Waals surface area contributed by atoms with E-state index in [-0.39, 0.29) is 0 Å². The van der Waals surface area contributed by atoms with Gasteiger partial charge in [-0.1, -0.05) is 24.6 Å². The molecule has 2 rings (SSSR count). The van der Waals surface area contributed by atoms with Gasteiger partial charge in [-0.3, -0.25) is 0 Å². The number of ether oxygens (including phenoxy) is 1. The molecule has 0 aromatic heterocycles. The summed E-state index contributed by atoms with van der Waals surface area (Å²) in [4.78, 5) is 0. The lowest BCUT2D eigenvalue weighted by atomic mass is 9.98. The highest BCUT2D eigenvalue weighted by molar-refractivity contribution is 8.00. The van der Waals surface area contributed by atoms with E-state index in [9.17, 15) is 0 Å². The van der Waals surface area contributed by atoms with Crippen molar-refractivity contribution >= 4 is 11.8 Å². The quantitative estimate of drug-likeness (QED) is 0.826. The van der Waals surface area contributed by atoms with Gasteiger partial charge in [0.1, 0.15) is 5.75 Å². The predicted octanol–water partition coefficient (Wildman–Crippen LogP) is 3.81. The summed E-state index contributed by atoms with van der Waals surface area (Å²) in [6.07, 6.45) is 4.98. The van der Waals surface area contributed by atoms with Gasteiger partial charge in [-0.05, 0) is 56.5 Å². The fourth-order valence-electron chi connectivity index (χ4n) is 2.89. The Morgan fingerprint density at radius 3 is 2.95 bits per heavy atom. The molecule has 1 fully saturated rings. The summed E-state index contributed by atoms with van der Waals surface area (Å²) in [6.45, 7) is 5.50. The van der Waals surface area contributed by atoms with Crippen LogP contribution in [0.4, 0.5) is 0 Å². The van der Waals surface area contributed by atoms with Crippen molar-refractivity contribution in [3.05, 3.63) is 29.3 Å². The molecule has 0 saturated carbocycles. The van der Waals surface area contributed by atoms with Crippen LogP contribution in [0.25, 0.3) is 0 Å². The lowest BCUT2D eigenvalue weighted by Crippen LogP contribution is -2.39. The van der Waals surface area contributed by atoms with Gasteiger partial charge in [-0.15, -0.1) is 0 Å². The van der Waals surface area contributed by atoms with Crippen molar-refractivity contribution in [2.75, 3.05) is 19.4 Å². The van der Waals surface area contributed by atoms with Crippen LogP contribution in [-0.4, -0.2) is 30.7 Å². The minimum Gasteiger partial charge on any atom is -0.496 e. The molecular weight excluding hydrogens is 266 g/mol. The van der Waals surface area contributed by atoms with E-state index in [0.717, 1.165) is 24.0 Å². The van der Waals surface area contributed by atoms with Crippen LogP contribution >= 0.6 is 11.8 Å². The fraction of sp³-hybridized carbons (Fsp3) is 0.647. The molecule has 1 saturated heterocycles. The van der Waals surface area contributed by atoms with E-state index in [0.29, 0.717) is 6.04 Å². The lowest BCUT2D eigenvalue weighted by molar-refractivity contribution is 0.402. The van der Waals surface area contributed by atoms with Crippen LogP contribution in [0, 0.1) is 6.92 Å². The average molecular weight is 293 g/mol. The zero-order valence-electron chi connectivity index (χ0n) is 12.9. The maximum Gasteiger partial charge on any atom is 0.122 e. The highest BCUT2D eigenvalue weighted by Crippen LogP contribution is 2.31. The smallest absolute Gasteiger partial charge is 0.122 e. The van der Waals surface area contributed by atoms with Crippen LogP contribution in [0.2, 0.25) is 0 Å². The third kappa shape index (κ3) is 4.16. The van der Waals surface area contributed by atoms with E-state index in [1.54, 1.807) is 7.11 Å². The highest BCUT2D eigenvalue weighted by atomic mass is 32.2. The normalized spacial score (nSPS) is 20.1. The highest BCUT2D eigenvalue weighted by Gasteiger charge is 2.26. The minimum absolute atomic E-state index is 0.568. The van der Waals surface area contributed by atoms with Gasteiger partial charge in [-0.2, -0.15) is 11.8 Å². The average Bonchev–Trinajstić information content (AvgIpc) is 2.97. The fourth-order valence-corrected chi connectivity index (χ4v) is 4.28. The Balaban J connectivity index is 2.11. The van der Waals surface area contributed by atoms with Crippen LogP contribution in [0.5, 0.6) is 5.75 Å². The van der Waals surface area contributed by atoms with Gasteiger partial charge in [0.2, 0.25) is 0 Å². The maximum absolute atomic E-state index is 5.53. The van der Waals surface area contributed by atoms with Crippen molar-refractivity contribution in [2.24, 2.45) is 0 Å². The van der Waals surface area contributed by atoms with Crippen LogP contribution in [0.1, 0.15) is 37.3 Å². The van der Waals surface area contributed by atoms with E-state index in [4.69, 9.17) is 4.74 Å². The number of rotatable bonds is 7. The molecule has 0 aliphatic carbocycles. The number of methoxy groups -OCH3 is 1. The van der Waals surface area contributed by atoms with Crippen LogP contribution in [-0.2, 0) is 6.42 Å². The third-order valence-electron chi connectivity index (χ3n) is 3.95. The standard InChI is InChI=1S/C17H27NOS/c1-4-9-18-15(17-6-5-10-20-17)12-14-11-13(2)7-8-16(14)19-3/h7-8,11,15,17-18H,4-6,9-10,12H2,1-3H3. The molecule has 2 unspecified atom stereocenters. The zero-order valence-corrected chi connectivity index (χ0v) is 13.8. The number of hydrogen-bond donors (Lipinski definition) is 1. The number of hydrogen-bond acceptors (Lipinski definition) is 3. The Morgan fingerprint density at radius 2 is 2.30 bits per heavy atom. The molecule has 0 bridgehead atoms. The molecule has 0 spiro atoms. The van der Waals surface area contributed by atoms with Crippen molar-refractivity contribution in [3.63, 3.8) is 0 Å². The summed E-state index contributed by atoms with van der Waals surface area (Å²) in [5.41, 5.74) is 2.66. The maximum atomic E-state index is 5.53. The summed E-state index contributed by atoms with van der Waals surface area (Å²) in [7, 11) is 1.77. The zero-order chi connectivity index (χ0) is 14.4. The monoisotopic (exact) mass is 293 g/mol. The molecule has 1 aromatic rings. The molecular formula is C17H27NOS. The van der Waals surface area contributed by atoms with E-state index in [2.05, 4.69) is 49.1 Å². The van der Waals surface area contributed by atoms with Crippen molar-refractivity contribution < 1.29 is 4.74 Å². The number of aryl methyl sites for hydroxylation is 1. The van der Waals surface area contributed by atoms with Crippen molar-refractivity contribution in [1.82, 2.24) is 5.32 Å². The van der Waals surface area contributed by atoms with Gasteiger partial charge < -0.3 is 10.1 Å². The summed E-state index contributed by atoms with van der Waals surface area (Å²) in [5.74, 6) is 2.35. The first-order valence-electron chi connectivity index (χ1n) is 7.73. The van der Waals surface area contributed by atoms with E-state index >= 15 is 0 Å². The Hall–Kier alpha value is -0.670.